The normalized spacial score (nSPS) is 28.4. The molecule has 0 radical (unpaired) electrons. The highest BCUT2D eigenvalue weighted by Crippen LogP contribution is 2.23. The summed E-state index contributed by atoms with van der Waals surface area (Å²) in [5.41, 5.74) is 0.624. The fraction of sp³-hybridized carbons (Fsp3) is 1.00. The molecule has 0 unspecified atom stereocenters. The molecule has 78 valence electrons. The first kappa shape index (κ1) is 11.0. The Balaban J connectivity index is 2.74. The van der Waals surface area contributed by atoms with E-state index in [0.29, 0.717) is 5.54 Å². The zero-order valence-electron chi connectivity index (χ0n) is 9.78. The van der Waals surface area contributed by atoms with Gasteiger partial charge in [0.15, 0.2) is 0 Å². The predicted octanol–water partition coefficient (Wildman–Crippen LogP) is 1.86. The molecule has 0 atom stereocenters. The van der Waals surface area contributed by atoms with Gasteiger partial charge in [-0.05, 0) is 47.2 Å². The Morgan fingerprint density at radius 1 is 1.23 bits per heavy atom. The van der Waals surface area contributed by atoms with Crippen molar-refractivity contribution in [3.8, 4) is 0 Å². The molecule has 1 heterocycles. The summed E-state index contributed by atoms with van der Waals surface area (Å²) < 4.78 is 0. The number of nitrogens with zero attached hydrogens (tertiary/aromatic N) is 1. The van der Waals surface area contributed by atoms with Crippen LogP contribution in [0, 0.1) is 0 Å². The quantitative estimate of drug-likeness (QED) is 0.669. The fourth-order valence-electron chi connectivity index (χ4n) is 2.15. The van der Waals surface area contributed by atoms with Gasteiger partial charge >= 0.3 is 0 Å². The van der Waals surface area contributed by atoms with Gasteiger partial charge in [-0.1, -0.05) is 6.92 Å². The summed E-state index contributed by atoms with van der Waals surface area (Å²) in [4.78, 5) is 2.58. The maximum Gasteiger partial charge on any atom is 0.0252 e. The molecule has 13 heavy (non-hydrogen) atoms. The number of nitrogens with one attached hydrogen (secondary N) is 1. The Hall–Kier alpha value is -0.0800. The molecular weight excluding hydrogens is 160 g/mol. The highest BCUT2D eigenvalue weighted by Gasteiger charge is 2.33. The van der Waals surface area contributed by atoms with Crippen molar-refractivity contribution in [2.24, 2.45) is 0 Å². The van der Waals surface area contributed by atoms with E-state index in [9.17, 15) is 0 Å². The minimum Gasteiger partial charge on any atom is -0.310 e. The molecule has 0 aliphatic carbocycles. The van der Waals surface area contributed by atoms with Crippen LogP contribution >= 0.6 is 0 Å². The number of hydrogen-bond donors (Lipinski definition) is 1. The summed E-state index contributed by atoms with van der Waals surface area (Å²) in [5, 5.41) is 3.60. The van der Waals surface area contributed by atoms with Crippen LogP contribution in [0.25, 0.3) is 0 Å². The number of hydrogen-bond acceptors (Lipinski definition) is 2. The molecule has 1 aliphatic heterocycles. The molecule has 1 fully saturated rings. The Morgan fingerprint density at radius 3 is 2.38 bits per heavy atom. The molecule has 0 aromatic carbocycles. The van der Waals surface area contributed by atoms with Crippen LogP contribution in [0.1, 0.15) is 41.0 Å². The third-order valence-corrected chi connectivity index (χ3v) is 3.16. The highest BCUT2D eigenvalue weighted by molar-refractivity contribution is 4.93. The van der Waals surface area contributed by atoms with Gasteiger partial charge in [-0.3, -0.25) is 4.90 Å². The van der Waals surface area contributed by atoms with Crippen molar-refractivity contribution in [1.82, 2.24) is 10.2 Å². The molecule has 0 amide bonds. The van der Waals surface area contributed by atoms with Gasteiger partial charge < -0.3 is 5.32 Å². The van der Waals surface area contributed by atoms with E-state index in [1.165, 1.54) is 6.42 Å². The molecule has 0 bridgehead atoms. The van der Waals surface area contributed by atoms with Crippen molar-refractivity contribution in [3.63, 3.8) is 0 Å². The Labute approximate surface area is 82.7 Å². The van der Waals surface area contributed by atoms with Gasteiger partial charge in [0.2, 0.25) is 0 Å². The van der Waals surface area contributed by atoms with Crippen LogP contribution in [-0.4, -0.2) is 35.6 Å². The lowest BCUT2D eigenvalue weighted by Gasteiger charge is -2.38. The van der Waals surface area contributed by atoms with Crippen molar-refractivity contribution < 1.29 is 0 Å². The number of likely N-dealkylation sites (N-methyl/N-ethyl adjacent to an activating group) is 1. The summed E-state index contributed by atoms with van der Waals surface area (Å²) in [5.74, 6) is 0. The minimum atomic E-state index is 0.268. The third kappa shape index (κ3) is 2.68. The first-order valence-electron chi connectivity index (χ1n) is 5.37. The van der Waals surface area contributed by atoms with Crippen molar-refractivity contribution in [2.75, 3.05) is 19.6 Å². The highest BCUT2D eigenvalue weighted by atomic mass is 15.2. The standard InChI is InChI=1S/C11H24N2/c1-6-13-9-10(2,3)12-8-7-11(13,4)5/h12H,6-9H2,1-5H3. The van der Waals surface area contributed by atoms with E-state index in [2.05, 4.69) is 44.8 Å². The van der Waals surface area contributed by atoms with E-state index >= 15 is 0 Å². The van der Waals surface area contributed by atoms with Crippen molar-refractivity contribution >= 4 is 0 Å². The van der Waals surface area contributed by atoms with Crippen LogP contribution in [0.3, 0.4) is 0 Å². The predicted molar refractivity (Wildman–Crippen MR) is 58.0 cm³/mol. The van der Waals surface area contributed by atoms with Crippen molar-refractivity contribution in [3.05, 3.63) is 0 Å². The van der Waals surface area contributed by atoms with E-state index in [-0.39, 0.29) is 5.54 Å². The average Bonchev–Trinajstić information content (AvgIpc) is 2.07. The maximum atomic E-state index is 3.60. The summed E-state index contributed by atoms with van der Waals surface area (Å²) in [6.45, 7) is 15.0. The molecule has 1 N–H and O–H groups in total. The fourth-order valence-corrected chi connectivity index (χ4v) is 2.15. The van der Waals surface area contributed by atoms with E-state index in [1.54, 1.807) is 0 Å². The topological polar surface area (TPSA) is 15.3 Å². The molecule has 1 aliphatic rings. The zero-order chi connectivity index (χ0) is 10.1. The first-order chi connectivity index (χ1) is 5.87. The summed E-state index contributed by atoms with van der Waals surface area (Å²) in [7, 11) is 0. The van der Waals surface area contributed by atoms with Crippen LogP contribution in [0.2, 0.25) is 0 Å². The van der Waals surface area contributed by atoms with E-state index < -0.39 is 0 Å². The Kier molecular flexibility index (Phi) is 3.03. The van der Waals surface area contributed by atoms with E-state index in [0.717, 1.165) is 19.6 Å². The second kappa shape index (κ2) is 3.58. The molecule has 0 aromatic heterocycles. The monoisotopic (exact) mass is 184 g/mol. The molecular formula is C11H24N2. The molecule has 0 aromatic rings. The summed E-state index contributed by atoms with van der Waals surface area (Å²) in [6, 6.07) is 0. The van der Waals surface area contributed by atoms with E-state index in [4.69, 9.17) is 0 Å². The SMILES string of the molecule is CCN1CC(C)(C)NCCC1(C)C. The lowest BCUT2D eigenvalue weighted by atomic mass is 9.98. The average molecular weight is 184 g/mol. The third-order valence-electron chi connectivity index (χ3n) is 3.16. The van der Waals surface area contributed by atoms with Gasteiger partial charge in [0.05, 0.1) is 0 Å². The lowest BCUT2D eigenvalue weighted by Crippen LogP contribution is -2.50. The van der Waals surface area contributed by atoms with Gasteiger partial charge in [-0.2, -0.15) is 0 Å². The molecule has 2 nitrogen and oxygen atoms in total. The summed E-state index contributed by atoms with van der Waals surface area (Å²) >= 11 is 0. The van der Waals surface area contributed by atoms with Crippen LogP contribution in [0.15, 0.2) is 0 Å². The molecule has 1 rings (SSSR count). The molecule has 2 heteroatoms. The number of rotatable bonds is 1. The smallest absolute Gasteiger partial charge is 0.0252 e. The van der Waals surface area contributed by atoms with E-state index in [1.807, 2.05) is 0 Å². The van der Waals surface area contributed by atoms with Crippen LogP contribution in [-0.2, 0) is 0 Å². The summed E-state index contributed by atoms with van der Waals surface area (Å²) in [6.07, 6.45) is 1.24. The van der Waals surface area contributed by atoms with Gasteiger partial charge in [0, 0.05) is 17.6 Å². The van der Waals surface area contributed by atoms with Gasteiger partial charge in [-0.25, -0.2) is 0 Å². The molecule has 0 spiro atoms. The van der Waals surface area contributed by atoms with Gasteiger partial charge in [0.1, 0.15) is 0 Å². The Bertz CT molecular complexity index is 173. The lowest BCUT2D eigenvalue weighted by molar-refractivity contribution is 0.114. The Morgan fingerprint density at radius 2 is 1.85 bits per heavy atom. The molecule has 0 saturated carbocycles. The second-order valence-corrected chi connectivity index (χ2v) is 5.39. The van der Waals surface area contributed by atoms with Gasteiger partial charge in [0.25, 0.3) is 0 Å². The van der Waals surface area contributed by atoms with Gasteiger partial charge in [-0.15, -0.1) is 0 Å². The maximum absolute atomic E-state index is 3.60. The second-order valence-electron chi connectivity index (χ2n) is 5.39. The van der Waals surface area contributed by atoms with Crippen molar-refractivity contribution in [1.29, 1.82) is 0 Å². The van der Waals surface area contributed by atoms with Crippen LogP contribution < -0.4 is 5.32 Å². The zero-order valence-corrected chi connectivity index (χ0v) is 9.78. The van der Waals surface area contributed by atoms with Crippen molar-refractivity contribution in [2.45, 2.75) is 52.1 Å². The molecule has 1 saturated heterocycles. The van der Waals surface area contributed by atoms with Crippen LogP contribution in [0.5, 0.6) is 0 Å². The minimum absolute atomic E-state index is 0.268. The largest absolute Gasteiger partial charge is 0.310 e. The van der Waals surface area contributed by atoms with Crippen LogP contribution in [0.4, 0.5) is 0 Å². The first-order valence-corrected chi connectivity index (χ1v) is 5.37.